The lowest BCUT2D eigenvalue weighted by Gasteiger charge is -2.32. The van der Waals surface area contributed by atoms with Gasteiger partial charge in [0.2, 0.25) is 5.91 Å². The third-order valence-corrected chi connectivity index (χ3v) is 4.28. The molecule has 0 N–H and O–H groups in total. The molecule has 1 aromatic carbocycles. The second-order valence-corrected chi connectivity index (χ2v) is 6.37. The number of carbonyl (C=O) groups excluding carboxylic acids is 2. The van der Waals surface area contributed by atoms with Crippen LogP contribution in [0.3, 0.4) is 0 Å². The predicted octanol–water partition coefficient (Wildman–Crippen LogP) is 2.74. The number of halogens is 1. The Morgan fingerprint density at radius 3 is 2.96 bits per heavy atom. The quantitative estimate of drug-likeness (QED) is 0.566. The number of rotatable bonds is 6. The zero-order valence-electron chi connectivity index (χ0n) is 15.5. The van der Waals surface area contributed by atoms with Gasteiger partial charge >= 0.3 is 0 Å². The fourth-order valence-corrected chi connectivity index (χ4v) is 2.84. The van der Waals surface area contributed by atoms with Crippen molar-refractivity contribution in [2.24, 2.45) is 0 Å². The Morgan fingerprint density at radius 2 is 2.21 bits per heavy atom. The summed E-state index contributed by atoms with van der Waals surface area (Å²) in [7, 11) is 0. The minimum absolute atomic E-state index is 0.134. The first-order valence-corrected chi connectivity index (χ1v) is 8.96. The second kappa shape index (κ2) is 9.23. The largest absolute Gasteiger partial charge is 0.490 e. The van der Waals surface area contributed by atoms with Crippen LogP contribution < -0.4 is 4.74 Å². The number of ketones is 1. The first-order valence-electron chi connectivity index (χ1n) is 8.96. The summed E-state index contributed by atoms with van der Waals surface area (Å²) in [6, 6.07) is 9.29. The molecule has 1 fully saturated rings. The molecule has 6 nitrogen and oxygen atoms in total. The fourth-order valence-electron chi connectivity index (χ4n) is 2.84. The van der Waals surface area contributed by atoms with Crippen molar-refractivity contribution >= 4 is 17.8 Å². The molecule has 2 heterocycles. The van der Waals surface area contributed by atoms with E-state index >= 15 is 0 Å². The molecule has 1 atom stereocenters. The molecule has 3 rings (SSSR count). The van der Waals surface area contributed by atoms with Gasteiger partial charge in [-0.1, -0.05) is 6.07 Å². The summed E-state index contributed by atoms with van der Waals surface area (Å²) >= 11 is 0. The second-order valence-electron chi connectivity index (χ2n) is 6.37. The summed E-state index contributed by atoms with van der Waals surface area (Å²) in [5.41, 5.74) is 0.888. The van der Waals surface area contributed by atoms with E-state index in [0.717, 1.165) is 6.07 Å². The van der Waals surface area contributed by atoms with E-state index in [1.54, 1.807) is 17.2 Å². The van der Waals surface area contributed by atoms with Gasteiger partial charge in [-0.2, -0.15) is 0 Å². The third-order valence-electron chi connectivity index (χ3n) is 4.28. The molecule has 0 radical (unpaired) electrons. The minimum atomic E-state index is -0.497. The molecule has 1 amide bonds. The number of aromatic nitrogens is 1. The number of amides is 1. The monoisotopic (exact) mass is 384 g/mol. The van der Waals surface area contributed by atoms with Gasteiger partial charge < -0.3 is 14.4 Å². The lowest BCUT2D eigenvalue weighted by molar-refractivity contribution is -0.134. The smallest absolute Gasteiger partial charge is 0.246 e. The molecule has 0 bridgehead atoms. The van der Waals surface area contributed by atoms with Crippen LogP contribution in [-0.4, -0.2) is 54.0 Å². The highest BCUT2D eigenvalue weighted by molar-refractivity contribution is 5.96. The van der Waals surface area contributed by atoms with Crippen molar-refractivity contribution in [3.8, 4) is 5.75 Å². The molecule has 146 valence electrons. The molecule has 7 heteroatoms. The number of nitrogens with zero attached hydrogens (tertiary/aromatic N) is 2. The summed E-state index contributed by atoms with van der Waals surface area (Å²) in [5, 5.41) is 0. The molecule has 0 saturated carbocycles. The lowest BCUT2D eigenvalue weighted by atomic mass is 10.1. The topological polar surface area (TPSA) is 68.7 Å². The van der Waals surface area contributed by atoms with Crippen molar-refractivity contribution < 1.29 is 23.5 Å². The summed E-state index contributed by atoms with van der Waals surface area (Å²) in [4.78, 5) is 29.9. The van der Waals surface area contributed by atoms with E-state index in [0.29, 0.717) is 31.1 Å². The van der Waals surface area contributed by atoms with Crippen molar-refractivity contribution in [3.05, 3.63) is 65.7 Å². The van der Waals surface area contributed by atoms with Crippen molar-refractivity contribution in [1.29, 1.82) is 0 Å². The molecule has 1 aliphatic heterocycles. The van der Waals surface area contributed by atoms with Crippen LogP contribution in [0.1, 0.15) is 23.0 Å². The van der Waals surface area contributed by atoms with Crippen LogP contribution in [0.15, 0.2) is 48.7 Å². The van der Waals surface area contributed by atoms with Gasteiger partial charge in [-0.3, -0.25) is 14.6 Å². The zero-order chi connectivity index (χ0) is 19.9. The number of hydrogen-bond donors (Lipinski definition) is 0. The van der Waals surface area contributed by atoms with E-state index in [9.17, 15) is 14.0 Å². The maximum absolute atomic E-state index is 13.4. The van der Waals surface area contributed by atoms with Crippen molar-refractivity contribution in [1.82, 2.24) is 9.88 Å². The predicted molar refractivity (Wildman–Crippen MR) is 101 cm³/mol. The molecule has 1 saturated heterocycles. The number of Topliss-reactive ketones (excluding diaryl/α,β-unsaturated/α-hetero) is 1. The van der Waals surface area contributed by atoms with Crippen molar-refractivity contribution in [2.45, 2.75) is 13.0 Å². The Morgan fingerprint density at radius 1 is 1.36 bits per heavy atom. The van der Waals surface area contributed by atoms with Gasteiger partial charge in [0.25, 0.3) is 0 Å². The van der Waals surface area contributed by atoms with E-state index in [1.165, 1.54) is 25.1 Å². The van der Waals surface area contributed by atoms with Gasteiger partial charge in [-0.05, 0) is 43.3 Å². The first-order chi connectivity index (χ1) is 13.5. The standard InChI is InChI=1S/C21H21FN2O4/c1-15(25)19-12-16(22)5-7-20(19)28-14-18-13-24(10-11-27-18)21(26)8-6-17-4-2-3-9-23-17/h2-9,12,18H,10-11,13-14H2,1H3/b8-6+. The Bertz CT molecular complexity index is 870. The summed E-state index contributed by atoms with van der Waals surface area (Å²) in [6.45, 7) is 2.74. The van der Waals surface area contributed by atoms with Gasteiger partial charge in [0.1, 0.15) is 24.3 Å². The number of hydrogen-bond acceptors (Lipinski definition) is 5. The van der Waals surface area contributed by atoms with Gasteiger partial charge in [0, 0.05) is 18.8 Å². The number of ether oxygens (including phenoxy) is 2. The highest BCUT2D eigenvalue weighted by Gasteiger charge is 2.24. The van der Waals surface area contributed by atoms with E-state index < -0.39 is 5.82 Å². The SMILES string of the molecule is CC(=O)c1cc(F)ccc1OCC1CN(C(=O)/C=C/c2ccccn2)CCO1. The highest BCUT2D eigenvalue weighted by atomic mass is 19.1. The fraction of sp³-hybridized carbons (Fsp3) is 0.286. The normalized spacial score (nSPS) is 16.9. The highest BCUT2D eigenvalue weighted by Crippen LogP contribution is 2.21. The molecule has 0 aliphatic carbocycles. The number of benzene rings is 1. The number of pyridine rings is 1. The van der Waals surface area contributed by atoms with Crippen LogP contribution in [-0.2, 0) is 9.53 Å². The van der Waals surface area contributed by atoms with Crippen LogP contribution in [0.5, 0.6) is 5.75 Å². The Labute approximate surface area is 162 Å². The van der Waals surface area contributed by atoms with Crippen LogP contribution in [0.2, 0.25) is 0 Å². The summed E-state index contributed by atoms with van der Waals surface area (Å²) in [6.07, 6.45) is 4.47. The maximum atomic E-state index is 13.4. The zero-order valence-corrected chi connectivity index (χ0v) is 15.5. The third kappa shape index (κ3) is 5.23. The Hall–Kier alpha value is -3.06. The van der Waals surface area contributed by atoms with Gasteiger partial charge in [-0.15, -0.1) is 0 Å². The minimum Gasteiger partial charge on any atom is -0.490 e. The molecule has 0 spiro atoms. The average Bonchev–Trinajstić information content (AvgIpc) is 2.72. The molecule has 1 aliphatic rings. The van der Waals surface area contributed by atoms with Crippen LogP contribution >= 0.6 is 0 Å². The Balaban J connectivity index is 1.57. The lowest BCUT2D eigenvalue weighted by Crippen LogP contribution is -2.47. The maximum Gasteiger partial charge on any atom is 0.246 e. The Kier molecular flexibility index (Phi) is 6.49. The molecule has 1 unspecified atom stereocenters. The molecule has 28 heavy (non-hydrogen) atoms. The van der Waals surface area contributed by atoms with E-state index in [4.69, 9.17) is 9.47 Å². The van der Waals surface area contributed by atoms with Crippen LogP contribution in [0, 0.1) is 5.82 Å². The van der Waals surface area contributed by atoms with Crippen molar-refractivity contribution in [3.63, 3.8) is 0 Å². The molecular weight excluding hydrogens is 363 g/mol. The molecular formula is C21H21FN2O4. The van der Waals surface area contributed by atoms with E-state index in [1.807, 2.05) is 18.2 Å². The van der Waals surface area contributed by atoms with Crippen LogP contribution in [0.25, 0.3) is 6.08 Å². The first kappa shape index (κ1) is 19.7. The summed E-state index contributed by atoms with van der Waals surface area (Å²) in [5.74, 6) is -0.611. The van der Waals surface area contributed by atoms with Crippen LogP contribution in [0.4, 0.5) is 4.39 Å². The van der Waals surface area contributed by atoms with Gasteiger partial charge in [-0.25, -0.2) is 4.39 Å². The van der Waals surface area contributed by atoms with E-state index in [2.05, 4.69) is 4.98 Å². The molecule has 1 aromatic heterocycles. The van der Waals surface area contributed by atoms with E-state index in [-0.39, 0.29) is 30.0 Å². The number of carbonyl (C=O) groups is 2. The van der Waals surface area contributed by atoms with Gasteiger partial charge in [0.05, 0.1) is 24.4 Å². The average molecular weight is 384 g/mol. The van der Waals surface area contributed by atoms with Gasteiger partial charge in [0.15, 0.2) is 5.78 Å². The van der Waals surface area contributed by atoms with Crippen molar-refractivity contribution in [2.75, 3.05) is 26.3 Å². The number of morpholine rings is 1. The summed E-state index contributed by atoms with van der Waals surface area (Å²) < 4.78 is 24.7. The molecule has 2 aromatic rings.